The van der Waals surface area contributed by atoms with Gasteiger partial charge in [-0.15, -0.1) is 0 Å². The number of rotatable bonds is 4. The van der Waals surface area contributed by atoms with E-state index >= 15 is 0 Å². The van der Waals surface area contributed by atoms with Crippen LogP contribution in [0.1, 0.15) is 5.56 Å². The molecule has 0 saturated carbocycles. The molecule has 1 unspecified atom stereocenters. The van der Waals surface area contributed by atoms with E-state index in [0.717, 1.165) is 0 Å². The summed E-state index contributed by atoms with van der Waals surface area (Å²) in [7, 11) is 0. The van der Waals surface area contributed by atoms with E-state index in [1.807, 2.05) is 6.07 Å². The molecule has 1 rings (SSSR count). The third-order valence-electron chi connectivity index (χ3n) is 1.78. The number of hydrogen-bond acceptors (Lipinski definition) is 4. The van der Waals surface area contributed by atoms with Crippen LogP contribution >= 0.6 is 11.6 Å². The number of halogens is 3. The molecule has 0 amide bonds. The molecular weight excluding hydrogens is 240 g/mol. The Labute approximate surface area is 95.5 Å². The maximum Gasteiger partial charge on any atom is 0.265 e. The Morgan fingerprint density at radius 1 is 1.62 bits per heavy atom. The number of nitrogens with one attached hydrogen (secondary N) is 1. The number of alkyl halides is 2. The number of nitriles is 1. The van der Waals surface area contributed by atoms with Crippen LogP contribution in [0, 0.1) is 11.3 Å². The number of aromatic nitrogens is 1. The molecule has 0 aromatic carbocycles. The third kappa shape index (κ3) is 3.02. The summed E-state index contributed by atoms with van der Waals surface area (Å²) in [5.74, 6) is 0.0976. The fraction of sp³-hybridized carbons (Fsp3) is 0.333. The van der Waals surface area contributed by atoms with Gasteiger partial charge in [-0.1, -0.05) is 11.6 Å². The van der Waals surface area contributed by atoms with Crippen molar-refractivity contribution in [1.82, 2.24) is 4.98 Å². The first kappa shape index (κ1) is 12.6. The van der Waals surface area contributed by atoms with Crippen LogP contribution in [0.3, 0.4) is 0 Å². The second kappa shape index (κ2) is 5.58. The standard InChI is InChI=1S/C9H8ClF2N3O/c10-7-5(3-13)1-2-14-9(7)15-4-6(16)8(11)12/h1-2,6,8,16H,4H2,(H,14,15). The van der Waals surface area contributed by atoms with Gasteiger partial charge < -0.3 is 10.4 Å². The van der Waals surface area contributed by atoms with Gasteiger partial charge in [-0.25, -0.2) is 13.8 Å². The van der Waals surface area contributed by atoms with Crippen molar-refractivity contribution in [3.8, 4) is 6.07 Å². The summed E-state index contributed by atoms with van der Waals surface area (Å²) < 4.78 is 24.0. The number of anilines is 1. The van der Waals surface area contributed by atoms with E-state index in [1.165, 1.54) is 12.3 Å². The SMILES string of the molecule is N#Cc1ccnc(NCC(O)C(F)F)c1Cl. The van der Waals surface area contributed by atoms with Crippen LogP contribution in [-0.2, 0) is 0 Å². The van der Waals surface area contributed by atoms with Crippen LogP contribution in [0.4, 0.5) is 14.6 Å². The van der Waals surface area contributed by atoms with Gasteiger partial charge in [0, 0.05) is 12.7 Å². The van der Waals surface area contributed by atoms with Crippen molar-refractivity contribution in [2.45, 2.75) is 12.5 Å². The smallest absolute Gasteiger partial charge is 0.265 e. The summed E-state index contributed by atoms with van der Waals surface area (Å²) in [5.41, 5.74) is 0.186. The predicted molar refractivity (Wildman–Crippen MR) is 54.5 cm³/mol. The number of aliphatic hydroxyl groups is 1. The Morgan fingerprint density at radius 3 is 2.88 bits per heavy atom. The van der Waals surface area contributed by atoms with E-state index in [1.54, 1.807) is 0 Å². The second-order valence-corrected chi connectivity index (χ2v) is 3.29. The Bertz CT molecular complexity index is 408. The van der Waals surface area contributed by atoms with Crippen molar-refractivity contribution in [1.29, 1.82) is 5.26 Å². The van der Waals surface area contributed by atoms with Crippen molar-refractivity contribution in [2.24, 2.45) is 0 Å². The lowest BCUT2D eigenvalue weighted by Gasteiger charge is -2.12. The van der Waals surface area contributed by atoms with Crippen molar-refractivity contribution in [3.05, 3.63) is 22.8 Å². The van der Waals surface area contributed by atoms with E-state index in [2.05, 4.69) is 10.3 Å². The lowest BCUT2D eigenvalue weighted by molar-refractivity contribution is 0.00381. The molecule has 0 radical (unpaired) electrons. The van der Waals surface area contributed by atoms with Gasteiger partial charge in [0.1, 0.15) is 23.0 Å². The number of aliphatic hydroxyl groups excluding tert-OH is 1. The summed E-state index contributed by atoms with van der Waals surface area (Å²) in [6.07, 6.45) is -3.32. The molecule has 7 heteroatoms. The lowest BCUT2D eigenvalue weighted by atomic mass is 10.3. The zero-order valence-electron chi connectivity index (χ0n) is 7.99. The van der Waals surface area contributed by atoms with E-state index in [9.17, 15) is 8.78 Å². The number of pyridine rings is 1. The predicted octanol–water partition coefficient (Wildman–Crippen LogP) is 1.64. The zero-order chi connectivity index (χ0) is 12.1. The minimum Gasteiger partial charge on any atom is -0.385 e. The van der Waals surface area contributed by atoms with Gasteiger partial charge in [-0.3, -0.25) is 0 Å². The molecule has 2 N–H and O–H groups in total. The average molecular weight is 248 g/mol. The van der Waals surface area contributed by atoms with E-state index < -0.39 is 12.5 Å². The zero-order valence-corrected chi connectivity index (χ0v) is 8.75. The van der Waals surface area contributed by atoms with E-state index in [-0.39, 0.29) is 22.9 Å². The first-order chi connectivity index (χ1) is 7.56. The molecule has 1 aromatic rings. The van der Waals surface area contributed by atoms with Crippen molar-refractivity contribution in [3.63, 3.8) is 0 Å². The highest BCUT2D eigenvalue weighted by molar-refractivity contribution is 6.34. The summed E-state index contributed by atoms with van der Waals surface area (Å²) in [6.45, 7) is -0.390. The van der Waals surface area contributed by atoms with Gasteiger partial charge in [0.15, 0.2) is 0 Å². The van der Waals surface area contributed by atoms with Crippen LogP contribution in [0.5, 0.6) is 0 Å². The van der Waals surface area contributed by atoms with Crippen LogP contribution in [0.2, 0.25) is 5.02 Å². The molecule has 1 atom stereocenters. The van der Waals surface area contributed by atoms with Crippen molar-refractivity contribution < 1.29 is 13.9 Å². The molecule has 0 bridgehead atoms. The Balaban J connectivity index is 2.72. The van der Waals surface area contributed by atoms with Crippen LogP contribution < -0.4 is 5.32 Å². The molecule has 86 valence electrons. The normalized spacial score (nSPS) is 12.2. The first-order valence-corrected chi connectivity index (χ1v) is 4.68. The van der Waals surface area contributed by atoms with Crippen LogP contribution in [0.15, 0.2) is 12.3 Å². The Hall–Kier alpha value is -1.45. The topological polar surface area (TPSA) is 68.9 Å². The number of hydrogen-bond donors (Lipinski definition) is 2. The van der Waals surface area contributed by atoms with Gasteiger partial charge in [0.05, 0.1) is 5.56 Å². The van der Waals surface area contributed by atoms with Crippen LogP contribution in [0.25, 0.3) is 0 Å². The molecule has 16 heavy (non-hydrogen) atoms. The van der Waals surface area contributed by atoms with Gasteiger partial charge in [0.25, 0.3) is 6.43 Å². The van der Waals surface area contributed by atoms with Crippen molar-refractivity contribution in [2.75, 3.05) is 11.9 Å². The highest BCUT2D eigenvalue weighted by atomic mass is 35.5. The average Bonchev–Trinajstić information content (AvgIpc) is 2.27. The quantitative estimate of drug-likeness (QED) is 0.849. The first-order valence-electron chi connectivity index (χ1n) is 4.31. The van der Waals surface area contributed by atoms with Gasteiger partial charge in [-0.2, -0.15) is 5.26 Å². The highest BCUT2D eigenvalue weighted by Crippen LogP contribution is 2.22. The summed E-state index contributed by atoms with van der Waals surface area (Å²) in [4.78, 5) is 3.77. The molecule has 4 nitrogen and oxygen atoms in total. The lowest BCUT2D eigenvalue weighted by Crippen LogP contribution is -2.27. The maximum absolute atomic E-state index is 12.0. The fourth-order valence-corrected chi connectivity index (χ4v) is 1.16. The maximum atomic E-state index is 12.0. The molecule has 0 aliphatic rings. The van der Waals surface area contributed by atoms with Gasteiger partial charge in [-0.05, 0) is 6.07 Å². The largest absolute Gasteiger partial charge is 0.385 e. The van der Waals surface area contributed by atoms with E-state index in [4.69, 9.17) is 22.0 Å². The number of nitrogens with zero attached hydrogens (tertiary/aromatic N) is 2. The minimum atomic E-state index is -2.84. The monoisotopic (exact) mass is 247 g/mol. The molecule has 1 aromatic heterocycles. The van der Waals surface area contributed by atoms with Crippen LogP contribution in [-0.4, -0.2) is 29.2 Å². The second-order valence-electron chi connectivity index (χ2n) is 2.92. The molecule has 0 aliphatic carbocycles. The van der Waals surface area contributed by atoms with Gasteiger partial charge >= 0.3 is 0 Å². The molecule has 0 spiro atoms. The van der Waals surface area contributed by atoms with Gasteiger partial charge in [0.2, 0.25) is 0 Å². The summed E-state index contributed by atoms with van der Waals surface area (Å²) in [6, 6.07) is 3.22. The minimum absolute atomic E-state index is 0.0477. The summed E-state index contributed by atoms with van der Waals surface area (Å²) in [5, 5.41) is 20.0. The highest BCUT2D eigenvalue weighted by Gasteiger charge is 2.17. The third-order valence-corrected chi connectivity index (χ3v) is 2.16. The van der Waals surface area contributed by atoms with Crippen molar-refractivity contribution >= 4 is 17.4 Å². The Morgan fingerprint density at radius 2 is 2.31 bits per heavy atom. The molecule has 0 saturated heterocycles. The molecule has 0 aliphatic heterocycles. The molecule has 1 heterocycles. The fourth-order valence-electron chi connectivity index (χ4n) is 0.944. The molecular formula is C9H8ClF2N3O. The van der Waals surface area contributed by atoms with E-state index in [0.29, 0.717) is 0 Å². The molecule has 0 fully saturated rings. The Kier molecular flexibility index (Phi) is 4.40. The summed E-state index contributed by atoms with van der Waals surface area (Å²) >= 11 is 5.76.